The summed E-state index contributed by atoms with van der Waals surface area (Å²) in [5.41, 5.74) is 0. The molecule has 3 nitrogen and oxygen atoms in total. The van der Waals surface area contributed by atoms with Gasteiger partial charge in [-0.25, -0.2) is 0 Å². The first kappa shape index (κ1) is 13.2. The van der Waals surface area contributed by atoms with E-state index in [1.807, 2.05) is 11.8 Å². The van der Waals surface area contributed by atoms with Crippen LogP contribution in [0, 0.1) is 17.8 Å². The normalized spacial score (nSPS) is 38.0. The predicted molar refractivity (Wildman–Crippen MR) is 69.1 cm³/mol. The van der Waals surface area contributed by atoms with Crippen LogP contribution in [0.25, 0.3) is 0 Å². The molecule has 2 unspecified atom stereocenters. The average molecular weight is 258 g/mol. The molecule has 0 amide bonds. The van der Waals surface area contributed by atoms with Gasteiger partial charge in [0.15, 0.2) is 0 Å². The Balaban J connectivity index is 1.91. The van der Waals surface area contributed by atoms with Gasteiger partial charge in [0.05, 0.1) is 19.1 Å². The fraction of sp³-hybridized carbons (Fsp3) is 0.923. The van der Waals surface area contributed by atoms with Crippen LogP contribution in [0.1, 0.15) is 25.7 Å². The number of methoxy groups -OCH3 is 2. The highest BCUT2D eigenvalue weighted by atomic mass is 32.2. The SMILES string of the molecule is COC(=O)C1CSCC1C1CCC(OC)CC1. The molecule has 0 N–H and O–H groups in total. The van der Waals surface area contributed by atoms with E-state index in [9.17, 15) is 4.79 Å². The van der Waals surface area contributed by atoms with Gasteiger partial charge in [0.2, 0.25) is 0 Å². The third kappa shape index (κ3) is 2.97. The average Bonchev–Trinajstić information content (AvgIpc) is 2.87. The van der Waals surface area contributed by atoms with Crippen molar-refractivity contribution in [3.63, 3.8) is 0 Å². The maximum atomic E-state index is 11.7. The zero-order valence-corrected chi connectivity index (χ0v) is 11.5. The summed E-state index contributed by atoms with van der Waals surface area (Å²) in [6, 6.07) is 0. The summed E-state index contributed by atoms with van der Waals surface area (Å²) in [5.74, 6) is 3.43. The van der Waals surface area contributed by atoms with Crippen LogP contribution in [-0.4, -0.2) is 37.8 Å². The zero-order valence-electron chi connectivity index (χ0n) is 10.7. The number of esters is 1. The van der Waals surface area contributed by atoms with Gasteiger partial charge >= 0.3 is 5.97 Å². The second kappa shape index (κ2) is 6.10. The Morgan fingerprint density at radius 3 is 2.41 bits per heavy atom. The van der Waals surface area contributed by atoms with Gasteiger partial charge in [0.1, 0.15) is 0 Å². The van der Waals surface area contributed by atoms with Crippen molar-refractivity contribution >= 4 is 17.7 Å². The minimum atomic E-state index is -0.00568. The van der Waals surface area contributed by atoms with E-state index in [2.05, 4.69) is 0 Å². The highest BCUT2D eigenvalue weighted by Crippen LogP contribution is 2.42. The number of rotatable bonds is 3. The number of hydrogen-bond donors (Lipinski definition) is 0. The highest BCUT2D eigenvalue weighted by Gasteiger charge is 2.40. The molecule has 0 spiro atoms. The summed E-state index contributed by atoms with van der Waals surface area (Å²) in [4.78, 5) is 11.7. The Kier molecular flexibility index (Phi) is 4.74. The lowest BCUT2D eigenvalue weighted by molar-refractivity contribution is -0.146. The van der Waals surface area contributed by atoms with Crippen LogP contribution < -0.4 is 0 Å². The maximum Gasteiger partial charge on any atom is 0.309 e. The van der Waals surface area contributed by atoms with Crippen molar-refractivity contribution < 1.29 is 14.3 Å². The van der Waals surface area contributed by atoms with E-state index in [-0.39, 0.29) is 11.9 Å². The Bertz CT molecular complexity index is 261. The van der Waals surface area contributed by atoms with Crippen LogP contribution >= 0.6 is 11.8 Å². The van der Waals surface area contributed by atoms with Gasteiger partial charge in [-0.2, -0.15) is 11.8 Å². The van der Waals surface area contributed by atoms with Crippen molar-refractivity contribution in [2.45, 2.75) is 31.8 Å². The van der Waals surface area contributed by atoms with Crippen LogP contribution in [0.2, 0.25) is 0 Å². The third-order valence-corrected chi connectivity index (χ3v) is 5.50. The van der Waals surface area contributed by atoms with Gasteiger partial charge in [-0.3, -0.25) is 4.79 Å². The monoisotopic (exact) mass is 258 g/mol. The topological polar surface area (TPSA) is 35.5 Å². The van der Waals surface area contributed by atoms with Gasteiger partial charge in [0.25, 0.3) is 0 Å². The minimum absolute atomic E-state index is 0.00568. The number of hydrogen-bond acceptors (Lipinski definition) is 4. The van der Waals surface area contributed by atoms with Gasteiger partial charge in [-0.1, -0.05) is 0 Å². The zero-order chi connectivity index (χ0) is 12.3. The predicted octanol–water partition coefficient (Wildman–Crippen LogP) is 2.34. The molecule has 1 aliphatic heterocycles. The summed E-state index contributed by atoms with van der Waals surface area (Å²) in [5, 5.41) is 0. The largest absolute Gasteiger partial charge is 0.469 e. The maximum absolute atomic E-state index is 11.7. The number of carbonyl (C=O) groups excluding carboxylic acids is 1. The van der Waals surface area contributed by atoms with Crippen molar-refractivity contribution in [2.75, 3.05) is 25.7 Å². The fourth-order valence-electron chi connectivity index (χ4n) is 3.18. The molecule has 4 heteroatoms. The molecule has 1 saturated carbocycles. The van der Waals surface area contributed by atoms with Crippen molar-refractivity contribution in [3.8, 4) is 0 Å². The molecule has 0 aromatic heterocycles. The molecule has 1 aliphatic carbocycles. The van der Waals surface area contributed by atoms with Crippen LogP contribution in [0.15, 0.2) is 0 Å². The van der Waals surface area contributed by atoms with Crippen LogP contribution in [-0.2, 0) is 14.3 Å². The molecule has 2 fully saturated rings. The molecule has 2 rings (SSSR count). The Morgan fingerprint density at radius 2 is 1.82 bits per heavy atom. The first-order chi connectivity index (χ1) is 8.26. The Labute approximate surface area is 108 Å². The molecule has 2 atom stereocenters. The molecule has 0 aromatic rings. The summed E-state index contributed by atoms with van der Waals surface area (Å²) in [7, 11) is 3.30. The lowest BCUT2D eigenvalue weighted by atomic mass is 9.75. The molecule has 17 heavy (non-hydrogen) atoms. The smallest absolute Gasteiger partial charge is 0.309 e. The van der Waals surface area contributed by atoms with E-state index < -0.39 is 0 Å². The number of ether oxygens (including phenoxy) is 2. The molecule has 98 valence electrons. The van der Waals surface area contributed by atoms with Gasteiger partial charge in [0, 0.05) is 12.9 Å². The summed E-state index contributed by atoms with van der Waals surface area (Å²) in [6.45, 7) is 0. The summed E-state index contributed by atoms with van der Waals surface area (Å²) in [6.07, 6.45) is 5.15. The standard InChI is InChI=1S/C13H22O3S/c1-15-10-5-3-9(4-6-10)11-7-17-8-12(11)13(14)16-2/h9-12H,3-8H2,1-2H3. The first-order valence-corrected chi connectivity index (χ1v) is 7.60. The molecule has 1 saturated heterocycles. The lowest BCUT2D eigenvalue weighted by Gasteiger charge is -2.33. The molecule has 0 radical (unpaired) electrons. The van der Waals surface area contributed by atoms with E-state index in [0.29, 0.717) is 17.9 Å². The lowest BCUT2D eigenvalue weighted by Crippen LogP contribution is -2.32. The van der Waals surface area contributed by atoms with Gasteiger partial charge < -0.3 is 9.47 Å². The fourth-order valence-corrected chi connectivity index (χ4v) is 4.73. The number of thioether (sulfide) groups is 1. The minimum Gasteiger partial charge on any atom is -0.469 e. The van der Waals surface area contributed by atoms with E-state index >= 15 is 0 Å². The second-order valence-electron chi connectivity index (χ2n) is 5.10. The quantitative estimate of drug-likeness (QED) is 0.728. The van der Waals surface area contributed by atoms with Crippen LogP contribution in [0.4, 0.5) is 0 Å². The van der Waals surface area contributed by atoms with Crippen LogP contribution in [0.3, 0.4) is 0 Å². The van der Waals surface area contributed by atoms with Gasteiger partial charge in [-0.05, 0) is 43.3 Å². The molecule has 2 aliphatic rings. The molecule has 0 aromatic carbocycles. The highest BCUT2D eigenvalue weighted by molar-refractivity contribution is 7.99. The molecular weight excluding hydrogens is 236 g/mol. The number of carbonyl (C=O) groups is 1. The van der Waals surface area contributed by atoms with E-state index in [4.69, 9.17) is 9.47 Å². The Morgan fingerprint density at radius 1 is 1.12 bits per heavy atom. The summed E-state index contributed by atoms with van der Waals surface area (Å²) < 4.78 is 10.3. The second-order valence-corrected chi connectivity index (χ2v) is 6.18. The molecule has 1 heterocycles. The Hall–Kier alpha value is -0.220. The molecule has 0 bridgehead atoms. The van der Waals surface area contributed by atoms with Crippen LogP contribution in [0.5, 0.6) is 0 Å². The first-order valence-electron chi connectivity index (χ1n) is 6.44. The van der Waals surface area contributed by atoms with Crippen molar-refractivity contribution in [2.24, 2.45) is 17.8 Å². The van der Waals surface area contributed by atoms with Crippen molar-refractivity contribution in [3.05, 3.63) is 0 Å². The van der Waals surface area contributed by atoms with Crippen molar-refractivity contribution in [1.82, 2.24) is 0 Å². The van der Waals surface area contributed by atoms with E-state index in [0.717, 1.165) is 24.3 Å². The summed E-state index contributed by atoms with van der Waals surface area (Å²) >= 11 is 1.90. The molecular formula is C13H22O3S. The van der Waals surface area contributed by atoms with Gasteiger partial charge in [-0.15, -0.1) is 0 Å². The van der Waals surface area contributed by atoms with E-state index in [1.165, 1.54) is 20.0 Å². The van der Waals surface area contributed by atoms with E-state index in [1.54, 1.807) is 7.11 Å². The third-order valence-electron chi connectivity index (χ3n) is 4.29. The van der Waals surface area contributed by atoms with Crippen molar-refractivity contribution in [1.29, 1.82) is 0 Å².